The lowest BCUT2D eigenvalue weighted by atomic mass is 10.3. The number of benzene rings is 1. The third-order valence-corrected chi connectivity index (χ3v) is 4.96. The Balaban J connectivity index is 1.94. The van der Waals surface area contributed by atoms with Crippen LogP contribution in [0, 0.1) is 10.1 Å². The molecule has 0 spiro atoms. The summed E-state index contributed by atoms with van der Waals surface area (Å²) in [5.74, 6) is -0.0814. The minimum absolute atomic E-state index is 0.0814. The minimum atomic E-state index is -3.65. The topological polar surface area (TPSA) is 115 Å². The number of nitro groups is 1. The van der Waals surface area contributed by atoms with Crippen LogP contribution in [0.3, 0.4) is 0 Å². The summed E-state index contributed by atoms with van der Waals surface area (Å²) in [5.41, 5.74) is 0.234. The van der Waals surface area contributed by atoms with Gasteiger partial charge in [-0.05, 0) is 25.5 Å². The maximum Gasteiger partial charge on any atom is 0.316 e. The number of hydrogen-bond acceptors (Lipinski definition) is 7. The number of rotatable bonds is 4. The van der Waals surface area contributed by atoms with E-state index in [1.54, 1.807) is 0 Å². The highest BCUT2D eigenvalue weighted by Gasteiger charge is 2.28. The molecule has 0 aliphatic carbocycles. The molecule has 1 atom stereocenters. The Bertz CT molecular complexity index is 792. The van der Waals surface area contributed by atoms with Gasteiger partial charge in [-0.1, -0.05) is 0 Å². The number of nitro benzene ring substituents is 1. The van der Waals surface area contributed by atoms with Gasteiger partial charge in [-0.2, -0.15) is 4.98 Å². The summed E-state index contributed by atoms with van der Waals surface area (Å²) < 4.78 is 29.7. The fourth-order valence-electron chi connectivity index (χ4n) is 2.38. The zero-order valence-electron chi connectivity index (χ0n) is 11.0. The van der Waals surface area contributed by atoms with Crippen LogP contribution in [0.1, 0.15) is 12.8 Å². The van der Waals surface area contributed by atoms with Gasteiger partial charge in [0.1, 0.15) is 5.52 Å². The van der Waals surface area contributed by atoms with Crippen LogP contribution in [0.5, 0.6) is 0 Å². The third-order valence-electron chi connectivity index (χ3n) is 3.41. The van der Waals surface area contributed by atoms with Gasteiger partial charge < -0.3 is 9.73 Å². The van der Waals surface area contributed by atoms with E-state index in [-0.39, 0.29) is 33.8 Å². The second-order valence-electron chi connectivity index (χ2n) is 4.96. The number of non-ortho nitro benzene ring substituents is 1. The minimum Gasteiger partial charge on any atom is -0.428 e. The van der Waals surface area contributed by atoms with Crippen LogP contribution >= 0.6 is 0 Å². The Morgan fingerprint density at radius 2 is 2.29 bits per heavy atom. The molecule has 2 aromatic rings. The second-order valence-corrected chi connectivity index (χ2v) is 6.88. The van der Waals surface area contributed by atoms with Crippen molar-refractivity contribution < 1.29 is 17.8 Å². The van der Waals surface area contributed by atoms with E-state index in [9.17, 15) is 18.5 Å². The van der Waals surface area contributed by atoms with Crippen LogP contribution in [0.15, 0.2) is 27.8 Å². The SMILES string of the molecule is O=[N+]([O-])c1ccc2oc(S(=O)(=O)C[C@@H]3CCCN3)nc2c1. The van der Waals surface area contributed by atoms with Gasteiger partial charge in [0, 0.05) is 18.2 Å². The predicted molar refractivity (Wildman–Crippen MR) is 73.7 cm³/mol. The van der Waals surface area contributed by atoms with Crippen molar-refractivity contribution in [3.05, 3.63) is 28.3 Å². The summed E-state index contributed by atoms with van der Waals surface area (Å²) in [4.78, 5) is 14.0. The molecule has 2 heterocycles. The monoisotopic (exact) mass is 311 g/mol. The van der Waals surface area contributed by atoms with Crippen molar-refractivity contribution in [2.24, 2.45) is 0 Å². The molecule has 9 heteroatoms. The van der Waals surface area contributed by atoms with Crippen molar-refractivity contribution in [1.82, 2.24) is 10.3 Å². The first-order valence-corrected chi connectivity index (χ1v) is 8.12. The van der Waals surface area contributed by atoms with Crippen molar-refractivity contribution in [3.63, 3.8) is 0 Å². The molecule has 1 N–H and O–H groups in total. The number of nitrogens with zero attached hydrogens (tertiary/aromatic N) is 2. The normalized spacial score (nSPS) is 19.1. The summed E-state index contributed by atoms with van der Waals surface area (Å²) in [6, 6.07) is 3.71. The molecule has 0 saturated carbocycles. The zero-order chi connectivity index (χ0) is 15.0. The Kier molecular flexibility index (Phi) is 3.38. The van der Waals surface area contributed by atoms with Gasteiger partial charge in [0.05, 0.1) is 10.7 Å². The van der Waals surface area contributed by atoms with E-state index in [1.165, 1.54) is 18.2 Å². The first-order valence-electron chi connectivity index (χ1n) is 6.47. The number of nitrogens with one attached hydrogen (secondary N) is 1. The Morgan fingerprint density at radius 1 is 1.48 bits per heavy atom. The molecule has 0 radical (unpaired) electrons. The Labute approximate surface area is 120 Å². The molecule has 1 aromatic carbocycles. The average Bonchev–Trinajstić information content (AvgIpc) is 3.05. The summed E-state index contributed by atoms with van der Waals surface area (Å²) in [5, 5.41) is 13.4. The van der Waals surface area contributed by atoms with Crippen LogP contribution in [0.4, 0.5) is 5.69 Å². The maximum atomic E-state index is 12.2. The number of oxazole rings is 1. The van der Waals surface area contributed by atoms with Crippen LogP contribution in [-0.4, -0.2) is 36.7 Å². The van der Waals surface area contributed by atoms with E-state index in [1.807, 2.05) is 0 Å². The van der Waals surface area contributed by atoms with E-state index in [4.69, 9.17) is 4.42 Å². The molecule has 1 aliphatic heterocycles. The van der Waals surface area contributed by atoms with Gasteiger partial charge >= 0.3 is 5.22 Å². The summed E-state index contributed by atoms with van der Waals surface area (Å²) in [6.45, 7) is 0.805. The summed E-state index contributed by atoms with van der Waals surface area (Å²) in [7, 11) is -3.65. The van der Waals surface area contributed by atoms with E-state index < -0.39 is 14.8 Å². The van der Waals surface area contributed by atoms with Gasteiger partial charge in [-0.3, -0.25) is 10.1 Å². The number of aromatic nitrogens is 1. The summed E-state index contributed by atoms with van der Waals surface area (Å²) >= 11 is 0. The van der Waals surface area contributed by atoms with Crippen molar-refractivity contribution in [2.45, 2.75) is 24.1 Å². The molecule has 3 rings (SSSR count). The largest absolute Gasteiger partial charge is 0.428 e. The third kappa shape index (κ3) is 2.74. The number of fused-ring (bicyclic) bond motifs is 1. The van der Waals surface area contributed by atoms with Crippen LogP contribution in [0.2, 0.25) is 0 Å². The molecule has 1 aromatic heterocycles. The number of hydrogen-bond donors (Lipinski definition) is 1. The van der Waals surface area contributed by atoms with E-state index in [0.717, 1.165) is 19.4 Å². The van der Waals surface area contributed by atoms with Crippen molar-refractivity contribution in [3.8, 4) is 0 Å². The molecule has 0 bridgehead atoms. The molecule has 21 heavy (non-hydrogen) atoms. The average molecular weight is 311 g/mol. The van der Waals surface area contributed by atoms with Crippen molar-refractivity contribution >= 4 is 26.6 Å². The first kappa shape index (κ1) is 14.0. The fraction of sp³-hybridized carbons (Fsp3) is 0.417. The molecule has 1 saturated heterocycles. The van der Waals surface area contributed by atoms with Gasteiger partial charge in [0.2, 0.25) is 9.84 Å². The highest BCUT2D eigenvalue weighted by atomic mass is 32.2. The van der Waals surface area contributed by atoms with Crippen molar-refractivity contribution in [2.75, 3.05) is 12.3 Å². The molecule has 1 aliphatic rings. The predicted octanol–water partition coefficient (Wildman–Crippen LogP) is 1.26. The quantitative estimate of drug-likeness (QED) is 0.667. The zero-order valence-corrected chi connectivity index (χ0v) is 11.8. The Morgan fingerprint density at radius 3 is 2.95 bits per heavy atom. The molecule has 0 unspecified atom stereocenters. The molecule has 0 amide bonds. The molecular formula is C12H13N3O5S. The summed E-state index contributed by atoms with van der Waals surface area (Å²) in [6.07, 6.45) is 1.74. The van der Waals surface area contributed by atoms with Gasteiger partial charge in [0.15, 0.2) is 5.58 Å². The highest BCUT2D eigenvalue weighted by Crippen LogP contribution is 2.24. The molecule has 1 fully saturated rings. The van der Waals surface area contributed by atoms with Gasteiger partial charge in [-0.25, -0.2) is 8.42 Å². The first-order chi connectivity index (χ1) is 9.95. The number of sulfone groups is 1. The van der Waals surface area contributed by atoms with Gasteiger partial charge in [-0.15, -0.1) is 0 Å². The second kappa shape index (κ2) is 5.08. The van der Waals surface area contributed by atoms with Crippen LogP contribution in [-0.2, 0) is 9.84 Å². The standard InChI is InChI=1S/C12H13N3O5S/c16-15(17)9-3-4-11-10(6-9)14-12(20-11)21(18,19)7-8-2-1-5-13-8/h3-4,6,8,13H,1-2,5,7H2/t8-/m0/s1. The lowest BCUT2D eigenvalue weighted by Gasteiger charge is -2.07. The van der Waals surface area contributed by atoms with E-state index in [2.05, 4.69) is 10.3 Å². The van der Waals surface area contributed by atoms with E-state index in [0.29, 0.717) is 0 Å². The lowest BCUT2D eigenvalue weighted by molar-refractivity contribution is -0.384. The maximum absolute atomic E-state index is 12.2. The van der Waals surface area contributed by atoms with Crippen LogP contribution in [0.25, 0.3) is 11.1 Å². The van der Waals surface area contributed by atoms with Crippen LogP contribution < -0.4 is 5.32 Å². The lowest BCUT2D eigenvalue weighted by Crippen LogP contribution is -2.30. The highest BCUT2D eigenvalue weighted by molar-refractivity contribution is 7.91. The smallest absolute Gasteiger partial charge is 0.316 e. The molecule has 112 valence electrons. The van der Waals surface area contributed by atoms with E-state index >= 15 is 0 Å². The molecule has 8 nitrogen and oxygen atoms in total. The molecular weight excluding hydrogens is 298 g/mol. The van der Waals surface area contributed by atoms with Gasteiger partial charge in [0.25, 0.3) is 5.69 Å². The fourth-order valence-corrected chi connectivity index (χ4v) is 3.79. The Hall–Kier alpha value is -2.00. The van der Waals surface area contributed by atoms with Crippen molar-refractivity contribution in [1.29, 1.82) is 0 Å².